The van der Waals surface area contributed by atoms with Crippen LogP contribution in [0, 0.1) is 0 Å². The fourth-order valence-electron chi connectivity index (χ4n) is 2.20. The first-order valence-electron chi connectivity index (χ1n) is 7.00. The summed E-state index contributed by atoms with van der Waals surface area (Å²) in [7, 11) is 4.32. The number of quaternary nitrogens is 1. The van der Waals surface area contributed by atoms with Crippen LogP contribution in [0.1, 0.15) is 5.56 Å². The number of rotatable bonds is 6. The molecule has 2 aromatic carbocycles. The van der Waals surface area contributed by atoms with Gasteiger partial charge in [0.05, 0.1) is 19.1 Å². The molecule has 0 aliphatic heterocycles. The van der Waals surface area contributed by atoms with Crippen LogP contribution in [-0.2, 0) is 6.54 Å². The molecule has 0 N–H and O–H groups in total. The van der Waals surface area contributed by atoms with Crippen molar-refractivity contribution in [2.24, 2.45) is 0 Å². The average Bonchev–Trinajstić information content (AvgIpc) is 2.40. The third-order valence-corrected chi connectivity index (χ3v) is 4.11. The number of likely N-dealkylation sites (N-methyl/N-ethyl adjacent to an activating group) is 1. The molecule has 6 heteroatoms. The minimum absolute atomic E-state index is 0. The van der Waals surface area contributed by atoms with Gasteiger partial charge in [-0.25, -0.2) is 0 Å². The van der Waals surface area contributed by atoms with E-state index in [2.05, 4.69) is 20.2 Å². The molecule has 0 saturated heterocycles. The molecule has 0 aliphatic carbocycles. The van der Waals surface area contributed by atoms with Crippen LogP contribution in [0.4, 0.5) is 0 Å². The summed E-state index contributed by atoms with van der Waals surface area (Å²) in [5, 5.41) is 1.91. The Bertz CT molecular complexity index is 646. The van der Waals surface area contributed by atoms with E-state index >= 15 is 0 Å². The second kappa shape index (κ2) is 9.00. The first-order valence-corrected chi connectivity index (χ1v) is 8.13. The third kappa shape index (κ3) is 6.78. The highest BCUT2D eigenvalue weighted by Gasteiger charge is 2.16. The van der Waals surface area contributed by atoms with Gasteiger partial charge in [0.1, 0.15) is 25.4 Å². The predicted molar refractivity (Wildman–Crippen MR) is 94.1 cm³/mol. The van der Waals surface area contributed by atoms with E-state index in [-0.39, 0.29) is 12.4 Å². The maximum Gasteiger partial charge on any atom is 0.138 e. The third-order valence-electron chi connectivity index (χ3n) is 3.35. The summed E-state index contributed by atoms with van der Waals surface area (Å²) in [6.07, 6.45) is 0. The Balaban J connectivity index is 0.00000264. The number of hydrogen-bond acceptors (Lipinski definition) is 1. The zero-order valence-corrected chi connectivity index (χ0v) is 16.1. The lowest BCUT2D eigenvalue weighted by Crippen LogP contribution is -3.00. The van der Waals surface area contributed by atoms with Crippen LogP contribution in [0.2, 0.25) is 15.1 Å². The fourth-order valence-corrected chi connectivity index (χ4v) is 2.88. The summed E-state index contributed by atoms with van der Waals surface area (Å²) in [6.45, 7) is 2.32. The van der Waals surface area contributed by atoms with Crippen LogP contribution in [0.3, 0.4) is 0 Å². The molecule has 0 fully saturated rings. The molecule has 2 rings (SSSR count). The minimum Gasteiger partial charge on any atom is -1.00 e. The lowest BCUT2D eigenvalue weighted by atomic mass is 10.2. The molecule has 2 nitrogen and oxygen atoms in total. The highest BCUT2D eigenvalue weighted by atomic mass is 35.5. The molecule has 0 aliphatic rings. The van der Waals surface area contributed by atoms with E-state index in [0.29, 0.717) is 22.4 Å². The molecular weight excluding hydrogens is 376 g/mol. The summed E-state index contributed by atoms with van der Waals surface area (Å²) in [5.74, 6) is 0.661. The maximum atomic E-state index is 6.10. The molecule has 0 amide bonds. The van der Waals surface area contributed by atoms with Crippen LogP contribution in [0.5, 0.6) is 5.75 Å². The number of halogens is 4. The van der Waals surface area contributed by atoms with Crippen LogP contribution >= 0.6 is 34.8 Å². The maximum absolute atomic E-state index is 6.10. The van der Waals surface area contributed by atoms with Gasteiger partial charge in [-0.1, -0.05) is 46.9 Å². The van der Waals surface area contributed by atoms with Crippen molar-refractivity contribution >= 4 is 34.8 Å². The Morgan fingerprint density at radius 2 is 1.65 bits per heavy atom. The highest BCUT2D eigenvalue weighted by Crippen LogP contribution is 2.27. The Labute approximate surface area is 158 Å². The van der Waals surface area contributed by atoms with E-state index in [1.54, 1.807) is 18.2 Å². The van der Waals surface area contributed by atoms with Gasteiger partial charge < -0.3 is 21.6 Å². The van der Waals surface area contributed by atoms with Crippen molar-refractivity contribution in [3.8, 4) is 5.75 Å². The highest BCUT2D eigenvalue weighted by molar-refractivity contribution is 6.35. The lowest BCUT2D eigenvalue weighted by Gasteiger charge is -2.30. The van der Waals surface area contributed by atoms with Gasteiger partial charge in [-0.2, -0.15) is 0 Å². The molecule has 23 heavy (non-hydrogen) atoms. The second-order valence-electron chi connectivity index (χ2n) is 5.87. The molecule has 0 radical (unpaired) electrons. The monoisotopic (exact) mass is 393 g/mol. The summed E-state index contributed by atoms with van der Waals surface area (Å²) in [5.41, 5.74) is 1.21. The fraction of sp³-hybridized carbons (Fsp3) is 0.294. The Kier molecular flexibility index (Phi) is 7.99. The molecule has 0 saturated carbocycles. The zero-order valence-electron chi connectivity index (χ0n) is 13.0. The van der Waals surface area contributed by atoms with E-state index in [0.717, 1.165) is 22.6 Å². The summed E-state index contributed by atoms with van der Waals surface area (Å²) in [4.78, 5) is 0. The van der Waals surface area contributed by atoms with Crippen LogP contribution in [0.25, 0.3) is 0 Å². The zero-order chi connectivity index (χ0) is 16.2. The van der Waals surface area contributed by atoms with Gasteiger partial charge in [-0.05, 0) is 30.3 Å². The first-order chi connectivity index (χ1) is 10.4. The van der Waals surface area contributed by atoms with Crippen molar-refractivity contribution in [1.82, 2.24) is 0 Å². The van der Waals surface area contributed by atoms with Crippen molar-refractivity contribution in [2.45, 2.75) is 6.54 Å². The SMILES string of the molecule is C[N+](C)(CCOc1ccc(Cl)cc1Cl)Cc1cccc(Cl)c1.[Cl-]. The molecular formula is C17H19Cl4NO. The smallest absolute Gasteiger partial charge is 0.138 e. The molecule has 0 heterocycles. The van der Waals surface area contributed by atoms with Crippen molar-refractivity contribution < 1.29 is 21.6 Å². The van der Waals surface area contributed by atoms with Gasteiger partial charge in [-0.15, -0.1) is 0 Å². The van der Waals surface area contributed by atoms with E-state index in [9.17, 15) is 0 Å². The Hall–Kier alpha value is -0.640. The van der Waals surface area contributed by atoms with Crippen molar-refractivity contribution in [3.05, 3.63) is 63.1 Å². The van der Waals surface area contributed by atoms with E-state index in [4.69, 9.17) is 39.5 Å². The van der Waals surface area contributed by atoms with E-state index in [1.165, 1.54) is 5.56 Å². The summed E-state index contributed by atoms with van der Waals surface area (Å²) in [6, 6.07) is 13.2. The number of hydrogen-bond donors (Lipinski definition) is 0. The van der Waals surface area contributed by atoms with E-state index < -0.39 is 0 Å². The summed E-state index contributed by atoms with van der Waals surface area (Å²) >= 11 is 18.0. The topological polar surface area (TPSA) is 9.23 Å². The molecule has 0 spiro atoms. The second-order valence-corrected chi connectivity index (χ2v) is 7.15. The van der Waals surface area contributed by atoms with Gasteiger partial charge >= 0.3 is 0 Å². The largest absolute Gasteiger partial charge is 1.00 e. The molecule has 0 aromatic heterocycles. The molecule has 0 unspecified atom stereocenters. The predicted octanol–water partition coefficient (Wildman–Crippen LogP) is 2.31. The molecule has 0 atom stereocenters. The Morgan fingerprint density at radius 3 is 2.30 bits per heavy atom. The molecule has 2 aromatic rings. The molecule has 126 valence electrons. The number of ether oxygens (including phenoxy) is 1. The van der Waals surface area contributed by atoms with Crippen molar-refractivity contribution in [3.63, 3.8) is 0 Å². The quantitative estimate of drug-likeness (QED) is 0.683. The van der Waals surface area contributed by atoms with Gasteiger partial charge in [0.2, 0.25) is 0 Å². The number of benzene rings is 2. The standard InChI is InChI=1S/C17H19Cl3NO.ClH/c1-21(2,12-13-4-3-5-14(18)10-13)8-9-22-17-7-6-15(19)11-16(17)20;/h3-7,10-11H,8-9,12H2,1-2H3;1H/q+1;/p-1. The van der Waals surface area contributed by atoms with Crippen LogP contribution in [-0.4, -0.2) is 31.7 Å². The van der Waals surface area contributed by atoms with Crippen LogP contribution < -0.4 is 17.1 Å². The first kappa shape index (κ1) is 20.4. The minimum atomic E-state index is 0. The van der Waals surface area contributed by atoms with Crippen LogP contribution in [0.15, 0.2) is 42.5 Å². The van der Waals surface area contributed by atoms with Crippen molar-refractivity contribution in [2.75, 3.05) is 27.2 Å². The molecule has 0 bridgehead atoms. The van der Waals surface area contributed by atoms with Gasteiger partial charge in [-0.3, -0.25) is 0 Å². The normalized spacial score (nSPS) is 11.0. The number of nitrogens with zero attached hydrogens (tertiary/aromatic N) is 1. The summed E-state index contributed by atoms with van der Waals surface area (Å²) < 4.78 is 6.55. The average molecular weight is 395 g/mol. The Morgan fingerprint density at radius 1 is 0.957 bits per heavy atom. The van der Waals surface area contributed by atoms with Gasteiger partial charge in [0.25, 0.3) is 0 Å². The lowest BCUT2D eigenvalue weighted by molar-refractivity contribution is -0.903. The van der Waals surface area contributed by atoms with Crippen molar-refractivity contribution in [1.29, 1.82) is 0 Å². The van der Waals surface area contributed by atoms with Gasteiger partial charge in [0.15, 0.2) is 0 Å². The van der Waals surface area contributed by atoms with E-state index in [1.807, 2.05) is 18.2 Å². The van der Waals surface area contributed by atoms with Gasteiger partial charge in [0, 0.05) is 15.6 Å².